The largest absolute Gasteiger partial charge is 0.294 e. The zero-order chi connectivity index (χ0) is 25.8. The molecule has 0 fully saturated rings. The Morgan fingerprint density at radius 3 is 1.81 bits per heavy atom. The Morgan fingerprint density at radius 2 is 1.22 bits per heavy atom. The molecule has 0 aliphatic rings. The lowest BCUT2D eigenvalue weighted by molar-refractivity contribution is 0.259. The summed E-state index contributed by atoms with van der Waals surface area (Å²) < 4.78 is 29.5. The van der Waals surface area contributed by atoms with Gasteiger partial charge in [-0.25, -0.2) is 12.4 Å². The van der Waals surface area contributed by atoms with E-state index in [0.717, 1.165) is 47.4 Å². The number of benzene rings is 4. The number of rotatable bonds is 9. The minimum Gasteiger partial charge on any atom is -0.294 e. The number of hydrogen-bond acceptors (Lipinski definition) is 3. The van der Waals surface area contributed by atoms with Gasteiger partial charge in [-0.1, -0.05) is 96.6 Å². The number of aryl methyl sites for hydroxylation is 2. The van der Waals surface area contributed by atoms with Gasteiger partial charge in [0.1, 0.15) is 0 Å². The Bertz CT molecular complexity index is 1550. The summed E-state index contributed by atoms with van der Waals surface area (Å²) in [5.74, 6) is 0. The van der Waals surface area contributed by atoms with Gasteiger partial charge in [0, 0.05) is 37.1 Å². The summed E-state index contributed by atoms with van der Waals surface area (Å²) in [4.78, 5) is 2.70. The van der Waals surface area contributed by atoms with Crippen molar-refractivity contribution >= 4 is 20.9 Å². The number of para-hydroxylation sites is 1. The normalized spacial score (nSPS) is 11.9. The average molecular weight is 509 g/mol. The van der Waals surface area contributed by atoms with Gasteiger partial charge in [-0.05, 0) is 48.7 Å². The molecule has 0 aliphatic carbocycles. The average Bonchev–Trinajstić information content (AvgIpc) is 3.21. The zero-order valence-corrected chi connectivity index (χ0v) is 22.2. The molecule has 0 radical (unpaired) electrons. The molecule has 37 heavy (non-hydrogen) atoms. The molecule has 0 saturated carbocycles. The molecular formula is C32H32N2O2S. The SMILES string of the molecule is Cc1ccc(S(=O)(=O)n2c(CCN(Cc3ccccc3)Cc3ccccc3)c(C)c3ccccc32)cc1. The van der Waals surface area contributed by atoms with E-state index in [2.05, 4.69) is 53.4 Å². The molecule has 1 heterocycles. The summed E-state index contributed by atoms with van der Waals surface area (Å²) >= 11 is 0. The third-order valence-corrected chi connectivity index (χ3v) is 8.69. The number of hydrogen-bond donors (Lipinski definition) is 0. The highest BCUT2D eigenvalue weighted by molar-refractivity contribution is 7.90. The molecule has 0 bridgehead atoms. The monoisotopic (exact) mass is 508 g/mol. The van der Waals surface area contributed by atoms with Gasteiger partial charge in [-0.3, -0.25) is 4.90 Å². The van der Waals surface area contributed by atoms with Crippen LogP contribution in [0, 0.1) is 13.8 Å². The van der Waals surface area contributed by atoms with Crippen LogP contribution >= 0.6 is 0 Å². The molecule has 0 unspecified atom stereocenters. The van der Waals surface area contributed by atoms with E-state index in [1.54, 1.807) is 16.1 Å². The highest BCUT2D eigenvalue weighted by Crippen LogP contribution is 2.30. The van der Waals surface area contributed by atoms with E-state index in [1.165, 1.54) is 11.1 Å². The fourth-order valence-electron chi connectivity index (χ4n) is 4.96. The van der Waals surface area contributed by atoms with E-state index in [1.807, 2.05) is 62.4 Å². The Kier molecular flexibility index (Phi) is 7.26. The molecule has 0 atom stereocenters. The maximum absolute atomic E-state index is 14.0. The van der Waals surface area contributed by atoms with Gasteiger partial charge in [0.2, 0.25) is 0 Å². The first-order chi connectivity index (χ1) is 17.9. The maximum atomic E-state index is 14.0. The van der Waals surface area contributed by atoms with Crippen molar-refractivity contribution < 1.29 is 8.42 Å². The summed E-state index contributed by atoms with van der Waals surface area (Å²) in [6, 6.07) is 35.8. The third-order valence-electron chi connectivity index (χ3n) is 6.93. The molecule has 5 aromatic rings. The van der Waals surface area contributed by atoms with Gasteiger partial charge in [-0.2, -0.15) is 0 Å². The topological polar surface area (TPSA) is 42.3 Å². The number of nitrogens with zero attached hydrogens (tertiary/aromatic N) is 2. The lowest BCUT2D eigenvalue weighted by Crippen LogP contribution is -2.27. The maximum Gasteiger partial charge on any atom is 0.268 e. The molecule has 5 heteroatoms. The zero-order valence-electron chi connectivity index (χ0n) is 21.3. The molecular weight excluding hydrogens is 476 g/mol. The predicted octanol–water partition coefficient (Wildman–Crippen LogP) is 6.74. The molecule has 1 aromatic heterocycles. The fraction of sp³-hybridized carbons (Fsp3) is 0.188. The molecule has 0 spiro atoms. The van der Waals surface area contributed by atoms with Crippen LogP contribution in [0.3, 0.4) is 0 Å². The minimum absolute atomic E-state index is 0.311. The lowest BCUT2D eigenvalue weighted by atomic mass is 10.1. The second-order valence-electron chi connectivity index (χ2n) is 9.60. The van der Waals surface area contributed by atoms with Gasteiger partial charge in [0.15, 0.2) is 0 Å². The summed E-state index contributed by atoms with van der Waals surface area (Å²) in [7, 11) is -3.76. The van der Waals surface area contributed by atoms with E-state index >= 15 is 0 Å². The van der Waals surface area contributed by atoms with Crippen LogP contribution in [0.1, 0.15) is 27.9 Å². The second kappa shape index (κ2) is 10.8. The van der Waals surface area contributed by atoms with Crippen molar-refractivity contribution in [1.82, 2.24) is 8.87 Å². The molecule has 0 N–H and O–H groups in total. The summed E-state index contributed by atoms with van der Waals surface area (Å²) in [5.41, 5.74) is 6.10. The van der Waals surface area contributed by atoms with Gasteiger partial charge < -0.3 is 0 Å². The van der Waals surface area contributed by atoms with Crippen molar-refractivity contribution in [1.29, 1.82) is 0 Å². The Balaban J connectivity index is 1.52. The first-order valence-electron chi connectivity index (χ1n) is 12.6. The Hall–Kier alpha value is -3.67. The van der Waals surface area contributed by atoms with E-state index < -0.39 is 10.0 Å². The van der Waals surface area contributed by atoms with Crippen LogP contribution in [0.2, 0.25) is 0 Å². The number of fused-ring (bicyclic) bond motifs is 1. The molecule has 5 rings (SSSR count). The first kappa shape index (κ1) is 25.0. The van der Waals surface area contributed by atoms with Crippen LogP contribution < -0.4 is 0 Å². The quantitative estimate of drug-likeness (QED) is 0.221. The molecule has 0 amide bonds. The highest BCUT2D eigenvalue weighted by atomic mass is 32.2. The molecule has 4 aromatic carbocycles. The van der Waals surface area contributed by atoms with Gasteiger partial charge >= 0.3 is 0 Å². The highest BCUT2D eigenvalue weighted by Gasteiger charge is 2.25. The Labute approximate surface area is 219 Å². The van der Waals surface area contributed by atoms with Crippen molar-refractivity contribution in [2.24, 2.45) is 0 Å². The summed E-state index contributed by atoms with van der Waals surface area (Å²) in [5, 5.41) is 0.978. The van der Waals surface area contributed by atoms with Crippen LogP contribution in [0.25, 0.3) is 10.9 Å². The minimum atomic E-state index is -3.76. The van der Waals surface area contributed by atoms with E-state index in [-0.39, 0.29) is 0 Å². The van der Waals surface area contributed by atoms with Gasteiger partial charge in [0.25, 0.3) is 10.0 Å². The lowest BCUT2D eigenvalue weighted by Gasteiger charge is -2.23. The fourth-order valence-corrected chi connectivity index (χ4v) is 6.59. The smallest absolute Gasteiger partial charge is 0.268 e. The van der Waals surface area contributed by atoms with E-state index in [9.17, 15) is 8.42 Å². The Morgan fingerprint density at radius 1 is 0.676 bits per heavy atom. The molecule has 0 aliphatic heterocycles. The van der Waals surface area contributed by atoms with Gasteiger partial charge in [0.05, 0.1) is 10.4 Å². The predicted molar refractivity (Wildman–Crippen MR) is 151 cm³/mol. The van der Waals surface area contributed by atoms with Crippen molar-refractivity contribution in [3.05, 3.63) is 137 Å². The van der Waals surface area contributed by atoms with Crippen molar-refractivity contribution in [3.63, 3.8) is 0 Å². The summed E-state index contributed by atoms with van der Waals surface area (Å²) in [6.07, 6.45) is 0.616. The van der Waals surface area contributed by atoms with Crippen LogP contribution in [-0.2, 0) is 29.5 Å². The van der Waals surface area contributed by atoms with Crippen LogP contribution in [-0.4, -0.2) is 23.8 Å². The van der Waals surface area contributed by atoms with Crippen LogP contribution in [0.5, 0.6) is 0 Å². The molecule has 188 valence electrons. The number of aromatic nitrogens is 1. The molecule has 0 saturated heterocycles. The van der Waals surface area contributed by atoms with Crippen molar-refractivity contribution in [2.75, 3.05) is 6.54 Å². The van der Waals surface area contributed by atoms with Crippen LogP contribution in [0.15, 0.2) is 114 Å². The third kappa shape index (κ3) is 5.38. The van der Waals surface area contributed by atoms with Crippen LogP contribution in [0.4, 0.5) is 0 Å². The van der Waals surface area contributed by atoms with Crippen molar-refractivity contribution in [2.45, 2.75) is 38.3 Å². The second-order valence-corrected chi connectivity index (χ2v) is 11.4. The van der Waals surface area contributed by atoms with E-state index in [4.69, 9.17) is 0 Å². The van der Waals surface area contributed by atoms with E-state index in [0.29, 0.717) is 11.3 Å². The molecule has 4 nitrogen and oxygen atoms in total. The summed E-state index contributed by atoms with van der Waals surface area (Å²) in [6.45, 7) is 6.31. The standard InChI is InChI=1S/C32H32N2O2S/c1-25-17-19-29(20-18-25)37(35,36)34-31(26(2)30-15-9-10-16-32(30)34)21-22-33(23-27-11-5-3-6-12-27)24-28-13-7-4-8-14-28/h3-20H,21-24H2,1-2H3. The van der Waals surface area contributed by atoms with Crippen molar-refractivity contribution in [3.8, 4) is 0 Å². The first-order valence-corrected chi connectivity index (χ1v) is 14.1. The van der Waals surface area contributed by atoms with Gasteiger partial charge in [-0.15, -0.1) is 0 Å².